The summed E-state index contributed by atoms with van der Waals surface area (Å²) in [5, 5.41) is 14.5. The van der Waals surface area contributed by atoms with E-state index in [1.807, 2.05) is 0 Å². The van der Waals surface area contributed by atoms with Crippen molar-refractivity contribution in [3.63, 3.8) is 0 Å². The lowest BCUT2D eigenvalue weighted by molar-refractivity contribution is 0.247. The van der Waals surface area contributed by atoms with Crippen LogP contribution in [0.15, 0.2) is 17.8 Å². The van der Waals surface area contributed by atoms with E-state index < -0.39 is 6.10 Å². The van der Waals surface area contributed by atoms with Gasteiger partial charge in [-0.1, -0.05) is 6.08 Å². The summed E-state index contributed by atoms with van der Waals surface area (Å²) in [5.74, 6) is 0. The molecule has 0 amide bonds. The summed E-state index contributed by atoms with van der Waals surface area (Å²) >= 11 is 0. The maximum atomic E-state index is 9.05. The molecular formula is C7H14N2O. The Hall–Kier alpha value is -0.830. The van der Waals surface area contributed by atoms with Crippen LogP contribution in [0.25, 0.3) is 0 Å². The second-order valence-corrected chi connectivity index (χ2v) is 2.20. The number of hydrazone groups is 1. The number of aliphatic hydroxyl groups excluding tert-OH is 1. The second-order valence-electron chi connectivity index (χ2n) is 2.20. The average Bonchev–Trinajstić information content (AvgIpc) is 1.85. The average molecular weight is 142 g/mol. The van der Waals surface area contributed by atoms with Crippen molar-refractivity contribution in [1.82, 2.24) is 5.01 Å². The highest BCUT2D eigenvalue weighted by Gasteiger charge is 1.93. The molecule has 10 heavy (non-hydrogen) atoms. The number of rotatable bonds is 4. The first-order chi connectivity index (χ1) is 4.66. The van der Waals surface area contributed by atoms with Crippen molar-refractivity contribution in [3.8, 4) is 0 Å². The molecule has 0 aliphatic rings. The van der Waals surface area contributed by atoms with Crippen LogP contribution in [0, 0.1) is 0 Å². The lowest BCUT2D eigenvalue weighted by atomic mass is 10.3. The fraction of sp³-hybridized carbons (Fsp3) is 0.571. The molecule has 3 heteroatoms. The van der Waals surface area contributed by atoms with Crippen molar-refractivity contribution < 1.29 is 5.11 Å². The van der Waals surface area contributed by atoms with Gasteiger partial charge < -0.3 is 10.1 Å². The Morgan fingerprint density at radius 1 is 1.70 bits per heavy atom. The molecule has 1 N–H and O–H groups in total. The molecule has 0 aliphatic carbocycles. The molecule has 3 nitrogen and oxygen atoms in total. The molecule has 0 fully saturated rings. The van der Waals surface area contributed by atoms with Crippen LogP contribution < -0.4 is 0 Å². The zero-order chi connectivity index (χ0) is 7.98. The van der Waals surface area contributed by atoms with Gasteiger partial charge in [0.2, 0.25) is 0 Å². The predicted octanol–water partition coefficient (Wildman–Crippen LogP) is 0.471. The Morgan fingerprint density at radius 2 is 2.30 bits per heavy atom. The molecule has 0 saturated heterocycles. The van der Waals surface area contributed by atoms with Gasteiger partial charge in [0, 0.05) is 14.1 Å². The molecule has 0 aromatic rings. The van der Waals surface area contributed by atoms with Crippen molar-refractivity contribution in [2.75, 3.05) is 14.1 Å². The van der Waals surface area contributed by atoms with Gasteiger partial charge in [-0.15, -0.1) is 6.58 Å². The van der Waals surface area contributed by atoms with Crippen LogP contribution in [-0.4, -0.2) is 36.5 Å². The van der Waals surface area contributed by atoms with E-state index in [0.29, 0.717) is 6.42 Å². The molecule has 0 spiro atoms. The molecule has 0 aromatic carbocycles. The highest BCUT2D eigenvalue weighted by Crippen LogP contribution is 1.88. The summed E-state index contributed by atoms with van der Waals surface area (Å²) in [6, 6.07) is 0. The molecule has 0 aliphatic heterocycles. The fourth-order valence-electron chi connectivity index (χ4n) is 0.442. The molecule has 0 rings (SSSR count). The summed E-state index contributed by atoms with van der Waals surface area (Å²) in [4.78, 5) is 0. The zero-order valence-corrected chi connectivity index (χ0v) is 6.49. The maximum Gasteiger partial charge on any atom is 0.0943 e. The van der Waals surface area contributed by atoms with Gasteiger partial charge in [-0.3, -0.25) is 0 Å². The van der Waals surface area contributed by atoms with Gasteiger partial charge in [-0.05, 0) is 6.42 Å². The molecule has 0 radical (unpaired) electrons. The van der Waals surface area contributed by atoms with Crippen LogP contribution >= 0.6 is 0 Å². The van der Waals surface area contributed by atoms with Gasteiger partial charge in [-0.2, -0.15) is 5.10 Å². The van der Waals surface area contributed by atoms with Crippen molar-refractivity contribution in [2.45, 2.75) is 12.5 Å². The first-order valence-corrected chi connectivity index (χ1v) is 3.17. The quantitative estimate of drug-likeness (QED) is 0.352. The Morgan fingerprint density at radius 3 is 2.70 bits per heavy atom. The van der Waals surface area contributed by atoms with Gasteiger partial charge in [0.25, 0.3) is 0 Å². The monoisotopic (exact) mass is 142 g/mol. The Kier molecular flexibility index (Phi) is 4.58. The molecule has 58 valence electrons. The topological polar surface area (TPSA) is 35.8 Å². The van der Waals surface area contributed by atoms with Gasteiger partial charge in [0.1, 0.15) is 0 Å². The normalized spacial score (nSPS) is 13.5. The SMILES string of the molecule is C=CCC(O)C=NN(C)C. The van der Waals surface area contributed by atoms with Crippen molar-refractivity contribution >= 4 is 6.21 Å². The van der Waals surface area contributed by atoms with E-state index in [0.717, 1.165) is 0 Å². The minimum atomic E-state index is -0.500. The molecular weight excluding hydrogens is 128 g/mol. The maximum absolute atomic E-state index is 9.05. The molecule has 0 bridgehead atoms. The number of hydrogen-bond acceptors (Lipinski definition) is 3. The van der Waals surface area contributed by atoms with Crippen molar-refractivity contribution in [3.05, 3.63) is 12.7 Å². The minimum Gasteiger partial charge on any atom is -0.387 e. The highest BCUT2D eigenvalue weighted by molar-refractivity contribution is 5.62. The van der Waals surface area contributed by atoms with Crippen LogP contribution in [0.3, 0.4) is 0 Å². The van der Waals surface area contributed by atoms with E-state index in [2.05, 4.69) is 11.7 Å². The summed E-state index contributed by atoms with van der Waals surface area (Å²) < 4.78 is 0. The summed E-state index contributed by atoms with van der Waals surface area (Å²) in [6.45, 7) is 3.49. The van der Waals surface area contributed by atoms with E-state index in [1.54, 1.807) is 25.2 Å². The van der Waals surface area contributed by atoms with Gasteiger partial charge >= 0.3 is 0 Å². The molecule has 1 atom stereocenters. The molecule has 0 aromatic heterocycles. The lowest BCUT2D eigenvalue weighted by Gasteiger charge is -2.04. The lowest BCUT2D eigenvalue weighted by Crippen LogP contribution is -2.10. The van der Waals surface area contributed by atoms with Gasteiger partial charge in [0.05, 0.1) is 12.3 Å². The van der Waals surface area contributed by atoms with E-state index in [1.165, 1.54) is 6.21 Å². The third-order valence-electron chi connectivity index (χ3n) is 0.878. The van der Waals surface area contributed by atoms with Gasteiger partial charge in [-0.25, -0.2) is 0 Å². The molecule has 0 heterocycles. The number of nitrogens with zero attached hydrogens (tertiary/aromatic N) is 2. The third kappa shape index (κ3) is 5.31. The van der Waals surface area contributed by atoms with E-state index >= 15 is 0 Å². The Balaban J connectivity index is 3.54. The van der Waals surface area contributed by atoms with Crippen LogP contribution in [0.1, 0.15) is 6.42 Å². The van der Waals surface area contributed by atoms with E-state index in [9.17, 15) is 0 Å². The van der Waals surface area contributed by atoms with Crippen LogP contribution in [0.2, 0.25) is 0 Å². The number of aliphatic hydroxyl groups is 1. The zero-order valence-electron chi connectivity index (χ0n) is 6.49. The van der Waals surface area contributed by atoms with Gasteiger partial charge in [0.15, 0.2) is 0 Å². The molecule has 0 saturated carbocycles. The van der Waals surface area contributed by atoms with Crippen molar-refractivity contribution in [1.29, 1.82) is 0 Å². The van der Waals surface area contributed by atoms with Crippen LogP contribution in [-0.2, 0) is 0 Å². The summed E-state index contributed by atoms with van der Waals surface area (Å²) in [7, 11) is 3.61. The van der Waals surface area contributed by atoms with Crippen LogP contribution in [0.4, 0.5) is 0 Å². The third-order valence-corrected chi connectivity index (χ3v) is 0.878. The highest BCUT2D eigenvalue weighted by atomic mass is 16.3. The van der Waals surface area contributed by atoms with E-state index in [4.69, 9.17) is 5.11 Å². The first kappa shape index (κ1) is 9.17. The summed E-state index contributed by atoms with van der Waals surface area (Å²) in [5.41, 5.74) is 0. The van der Waals surface area contributed by atoms with Crippen molar-refractivity contribution in [2.24, 2.45) is 5.10 Å². The van der Waals surface area contributed by atoms with Crippen LogP contribution in [0.5, 0.6) is 0 Å². The predicted molar refractivity (Wildman–Crippen MR) is 43.0 cm³/mol. The summed E-state index contributed by atoms with van der Waals surface area (Å²) in [6.07, 6.45) is 3.20. The standard InChI is InChI=1S/C7H14N2O/c1-4-5-7(10)6-8-9(2)3/h4,6-7,10H,1,5H2,2-3H3. The smallest absolute Gasteiger partial charge is 0.0943 e. The largest absolute Gasteiger partial charge is 0.387 e. The van der Waals surface area contributed by atoms with E-state index in [-0.39, 0.29) is 0 Å². The first-order valence-electron chi connectivity index (χ1n) is 3.17. The molecule has 1 unspecified atom stereocenters. The fourth-order valence-corrected chi connectivity index (χ4v) is 0.442. The Bertz CT molecular complexity index is 121. The Labute approximate surface area is 61.7 Å². The number of hydrogen-bond donors (Lipinski definition) is 1. The minimum absolute atomic E-state index is 0.500. The second kappa shape index (κ2) is 4.99.